The second kappa shape index (κ2) is 6.68. The van der Waals surface area contributed by atoms with E-state index in [0.29, 0.717) is 26.6 Å². The van der Waals surface area contributed by atoms with Gasteiger partial charge in [0.15, 0.2) is 0 Å². The first-order chi connectivity index (χ1) is 9.51. The van der Waals surface area contributed by atoms with Gasteiger partial charge in [0.2, 0.25) is 0 Å². The highest BCUT2D eigenvalue weighted by molar-refractivity contribution is 6.42. The van der Waals surface area contributed by atoms with Gasteiger partial charge in [-0.1, -0.05) is 40.9 Å². The van der Waals surface area contributed by atoms with Gasteiger partial charge in [0.25, 0.3) is 0 Å². The lowest BCUT2D eigenvalue weighted by molar-refractivity contribution is 0.482. The molecule has 2 nitrogen and oxygen atoms in total. The number of hydrogen-bond donors (Lipinski definition) is 1. The number of halogens is 3. The van der Waals surface area contributed by atoms with E-state index in [1.807, 2.05) is 25.2 Å². The van der Waals surface area contributed by atoms with Crippen LogP contribution in [0.3, 0.4) is 0 Å². The third kappa shape index (κ3) is 3.58. The van der Waals surface area contributed by atoms with E-state index in [4.69, 9.17) is 39.5 Å². The predicted molar refractivity (Wildman–Crippen MR) is 85.5 cm³/mol. The molecule has 0 aliphatic carbocycles. The Labute approximate surface area is 133 Å². The molecule has 0 amide bonds. The average Bonchev–Trinajstić information content (AvgIpc) is 2.44. The van der Waals surface area contributed by atoms with E-state index in [-0.39, 0.29) is 6.04 Å². The van der Waals surface area contributed by atoms with Crippen molar-refractivity contribution in [3.05, 3.63) is 57.0 Å². The lowest BCUT2D eigenvalue weighted by Crippen LogP contribution is -2.12. The molecule has 5 heteroatoms. The molecule has 0 bridgehead atoms. The van der Waals surface area contributed by atoms with Crippen LogP contribution in [0.25, 0.3) is 0 Å². The van der Waals surface area contributed by atoms with Crippen LogP contribution in [0.1, 0.15) is 18.5 Å². The minimum absolute atomic E-state index is 0.228. The molecule has 1 N–H and O–H groups in total. The molecule has 0 spiro atoms. The summed E-state index contributed by atoms with van der Waals surface area (Å²) in [5.74, 6) is 1.17. The molecular formula is C15H14Cl3NO. The van der Waals surface area contributed by atoms with Crippen molar-refractivity contribution in [3.8, 4) is 11.5 Å². The zero-order valence-electron chi connectivity index (χ0n) is 11.1. The van der Waals surface area contributed by atoms with Crippen molar-refractivity contribution in [2.24, 2.45) is 0 Å². The Morgan fingerprint density at radius 3 is 2.30 bits per heavy atom. The number of rotatable bonds is 4. The van der Waals surface area contributed by atoms with Crippen LogP contribution in [0, 0.1) is 0 Å². The Balaban J connectivity index is 2.23. The second-order valence-corrected chi connectivity index (χ2v) is 5.60. The number of nitrogens with one attached hydrogen (secondary N) is 1. The third-order valence-electron chi connectivity index (χ3n) is 3.01. The zero-order valence-corrected chi connectivity index (χ0v) is 13.4. The van der Waals surface area contributed by atoms with E-state index >= 15 is 0 Å². The fourth-order valence-electron chi connectivity index (χ4n) is 1.70. The maximum absolute atomic E-state index is 6.24. The van der Waals surface area contributed by atoms with Crippen LogP contribution in [-0.4, -0.2) is 7.05 Å². The van der Waals surface area contributed by atoms with Crippen LogP contribution in [0.2, 0.25) is 15.1 Å². The number of benzene rings is 2. The summed E-state index contributed by atoms with van der Waals surface area (Å²) in [5.41, 5.74) is 1.10. The van der Waals surface area contributed by atoms with Crippen LogP contribution < -0.4 is 10.1 Å². The Kier molecular flexibility index (Phi) is 5.17. The minimum Gasteiger partial charge on any atom is -0.456 e. The van der Waals surface area contributed by atoms with Crippen molar-refractivity contribution in [1.82, 2.24) is 5.32 Å². The highest BCUT2D eigenvalue weighted by atomic mass is 35.5. The molecule has 1 atom stereocenters. The van der Waals surface area contributed by atoms with Gasteiger partial charge in [0.05, 0.1) is 15.1 Å². The quantitative estimate of drug-likeness (QED) is 0.774. The van der Waals surface area contributed by atoms with Gasteiger partial charge in [-0.2, -0.15) is 0 Å². The van der Waals surface area contributed by atoms with Crippen molar-refractivity contribution >= 4 is 34.8 Å². The summed E-state index contributed by atoms with van der Waals surface area (Å²) < 4.78 is 5.72. The molecule has 2 rings (SSSR count). The van der Waals surface area contributed by atoms with E-state index in [2.05, 4.69) is 12.2 Å². The summed E-state index contributed by atoms with van der Waals surface area (Å²) in [5, 5.41) is 4.65. The van der Waals surface area contributed by atoms with Crippen LogP contribution in [0.15, 0.2) is 36.4 Å². The normalized spacial score (nSPS) is 12.2. The van der Waals surface area contributed by atoms with Gasteiger partial charge >= 0.3 is 0 Å². The third-order valence-corrected chi connectivity index (χ3v) is 4.04. The molecule has 0 aliphatic rings. The summed E-state index contributed by atoms with van der Waals surface area (Å²) in [4.78, 5) is 0. The van der Waals surface area contributed by atoms with E-state index in [0.717, 1.165) is 5.56 Å². The first kappa shape index (κ1) is 15.5. The molecule has 0 aliphatic heterocycles. The molecule has 0 saturated heterocycles. The van der Waals surface area contributed by atoms with Gasteiger partial charge < -0.3 is 10.1 Å². The Bertz CT molecular complexity index is 616. The smallest absolute Gasteiger partial charge is 0.146 e. The molecule has 20 heavy (non-hydrogen) atoms. The van der Waals surface area contributed by atoms with E-state index in [9.17, 15) is 0 Å². The van der Waals surface area contributed by atoms with Crippen LogP contribution in [0.4, 0.5) is 0 Å². The maximum atomic E-state index is 6.24. The number of ether oxygens (including phenoxy) is 1. The van der Waals surface area contributed by atoms with Crippen molar-refractivity contribution in [2.45, 2.75) is 13.0 Å². The lowest BCUT2D eigenvalue weighted by Gasteiger charge is -2.13. The molecule has 106 valence electrons. The maximum Gasteiger partial charge on any atom is 0.146 e. The van der Waals surface area contributed by atoms with Crippen LogP contribution in [-0.2, 0) is 0 Å². The molecule has 0 saturated carbocycles. The standard InChI is InChI=1S/C15H14Cl3NO/c1-9(19-2)10-3-6-15(14(18)7-10)20-11-4-5-12(16)13(17)8-11/h3-9,19H,1-2H3. The summed E-state index contributed by atoms with van der Waals surface area (Å²) in [6.07, 6.45) is 0. The fraction of sp³-hybridized carbons (Fsp3) is 0.200. The largest absolute Gasteiger partial charge is 0.456 e. The van der Waals surface area contributed by atoms with Gasteiger partial charge in [0.1, 0.15) is 11.5 Å². The highest BCUT2D eigenvalue weighted by Crippen LogP contribution is 2.34. The first-order valence-electron chi connectivity index (χ1n) is 6.11. The number of hydrogen-bond acceptors (Lipinski definition) is 2. The molecule has 1 unspecified atom stereocenters. The molecule has 2 aromatic rings. The van der Waals surface area contributed by atoms with Gasteiger partial charge in [-0.15, -0.1) is 0 Å². The molecule has 0 radical (unpaired) electrons. The summed E-state index contributed by atoms with van der Waals surface area (Å²) in [6, 6.07) is 11.0. The Morgan fingerprint density at radius 2 is 1.70 bits per heavy atom. The molecule has 0 heterocycles. The van der Waals surface area contributed by atoms with E-state index < -0.39 is 0 Å². The molecule has 2 aromatic carbocycles. The fourth-order valence-corrected chi connectivity index (χ4v) is 2.22. The molecule has 0 aromatic heterocycles. The SMILES string of the molecule is CNC(C)c1ccc(Oc2ccc(Cl)c(Cl)c2)c(Cl)c1. The van der Waals surface area contributed by atoms with E-state index in [1.54, 1.807) is 18.2 Å². The van der Waals surface area contributed by atoms with Crippen LogP contribution >= 0.6 is 34.8 Å². The summed E-state index contributed by atoms with van der Waals surface area (Å²) >= 11 is 18.1. The van der Waals surface area contributed by atoms with E-state index in [1.165, 1.54) is 0 Å². The van der Waals surface area contributed by atoms with Gasteiger partial charge in [-0.3, -0.25) is 0 Å². The van der Waals surface area contributed by atoms with Crippen molar-refractivity contribution in [2.75, 3.05) is 7.05 Å². The topological polar surface area (TPSA) is 21.3 Å². The van der Waals surface area contributed by atoms with Gasteiger partial charge in [-0.05, 0) is 43.8 Å². The van der Waals surface area contributed by atoms with Crippen molar-refractivity contribution in [3.63, 3.8) is 0 Å². The van der Waals surface area contributed by atoms with Crippen LogP contribution in [0.5, 0.6) is 11.5 Å². The monoisotopic (exact) mass is 329 g/mol. The van der Waals surface area contributed by atoms with Crippen molar-refractivity contribution < 1.29 is 4.74 Å². The second-order valence-electron chi connectivity index (χ2n) is 4.38. The summed E-state index contributed by atoms with van der Waals surface area (Å²) in [6.45, 7) is 2.06. The van der Waals surface area contributed by atoms with Gasteiger partial charge in [0, 0.05) is 12.1 Å². The Morgan fingerprint density at radius 1 is 0.950 bits per heavy atom. The molecule has 0 fully saturated rings. The highest BCUT2D eigenvalue weighted by Gasteiger charge is 2.09. The minimum atomic E-state index is 0.228. The first-order valence-corrected chi connectivity index (χ1v) is 7.24. The summed E-state index contributed by atoms with van der Waals surface area (Å²) in [7, 11) is 1.90. The van der Waals surface area contributed by atoms with Gasteiger partial charge in [-0.25, -0.2) is 0 Å². The average molecular weight is 331 g/mol. The Hall–Kier alpha value is -0.930. The zero-order chi connectivity index (χ0) is 14.7. The lowest BCUT2D eigenvalue weighted by atomic mass is 10.1. The predicted octanol–water partition coefficient (Wildman–Crippen LogP) is 5.72. The molecular weight excluding hydrogens is 317 g/mol. The van der Waals surface area contributed by atoms with Crippen molar-refractivity contribution in [1.29, 1.82) is 0 Å².